The summed E-state index contributed by atoms with van der Waals surface area (Å²) in [6.45, 7) is 8.04. The number of likely N-dealkylation sites (N-methyl/N-ethyl adjacent to an activating group) is 1. The van der Waals surface area contributed by atoms with E-state index in [9.17, 15) is 5.11 Å². The highest BCUT2D eigenvalue weighted by Gasteiger charge is 2.09. The van der Waals surface area contributed by atoms with Crippen molar-refractivity contribution in [3.05, 3.63) is 23.9 Å². The van der Waals surface area contributed by atoms with Gasteiger partial charge < -0.3 is 20.1 Å². The number of ether oxygens (including phenoxy) is 1. The molecular formula is C14H25N3O2. The van der Waals surface area contributed by atoms with Gasteiger partial charge in [0.05, 0.1) is 13.2 Å². The van der Waals surface area contributed by atoms with Gasteiger partial charge in [-0.2, -0.15) is 0 Å². The van der Waals surface area contributed by atoms with Crippen LogP contribution in [0.3, 0.4) is 0 Å². The Morgan fingerprint density at radius 3 is 2.79 bits per heavy atom. The van der Waals surface area contributed by atoms with Crippen LogP contribution in [-0.4, -0.2) is 54.4 Å². The highest BCUT2D eigenvalue weighted by molar-refractivity contribution is 5.24. The number of hydrogen-bond donors (Lipinski definition) is 2. The van der Waals surface area contributed by atoms with E-state index in [1.54, 1.807) is 13.3 Å². The second kappa shape index (κ2) is 8.85. The predicted octanol–water partition coefficient (Wildman–Crippen LogP) is 0.882. The largest absolute Gasteiger partial charge is 0.481 e. The Labute approximate surface area is 115 Å². The third-order valence-electron chi connectivity index (χ3n) is 3.10. The third kappa shape index (κ3) is 5.55. The number of aliphatic hydroxyl groups excluding tert-OH is 1. The van der Waals surface area contributed by atoms with E-state index in [0.717, 1.165) is 18.7 Å². The van der Waals surface area contributed by atoms with Gasteiger partial charge >= 0.3 is 0 Å². The molecule has 1 aromatic heterocycles. The molecule has 0 radical (unpaired) electrons. The lowest BCUT2D eigenvalue weighted by molar-refractivity contribution is 0.116. The van der Waals surface area contributed by atoms with Crippen molar-refractivity contribution in [2.75, 3.05) is 33.3 Å². The lowest BCUT2D eigenvalue weighted by Gasteiger charge is -2.22. The lowest BCUT2D eigenvalue weighted by atomic mass is 10.2. The van der Waals surface area contributed by atoms with Gasteiger partial charge in [-0.05, 0) is 19.2 Å². The molecule has 0 aromatic carbocycles. The maximum absolute atomic E-state index is 9.94. The molecule has 0 amide bonds. The lowest BCUT2D eigenvalue weighted by Crippen LogP contribution is -2.38. The summed E-state index contributed by atoms with van der Waals surface area (Å²) in [5.41, 5.74) is 1.00. The Bertz CT molecular complexity index is 356. The zero-order valence-corrected chi connectivity index (χ0v) is 12.1. The maximum atomic E-state index is 9.94. The summed E-state index contributed by atoms with van der Waals surface area (Å²) in [7, 11) is 1.61. The summed E-state index contributed by atoms with van der Waals surface area (Å²) >= 11 is 0. The molecule has 5 nitrogen and oxygen atoms in total. The van der Waals surface area contributed by atoms with Gasteiger partial charge in [0.1, 0.15) is 0 Å². The Morgan fingerprint density at radius 2 is 2.16 bits per heavy atom. The van der Waals surface area contributed by atoms with Crippen LogP contribution in [-0.2, 0) is 6.54 Å². The first-order chi connectivity index (χ1) is 9.21. The Hall–Kier alpha value is -1.17. The molecule has 0 spiro atoms. The first kappa shape index (κ1) is 15.9. The summed E-state index contributed by atoms with van der Waals surface area (Å²) in [5, 5.41) is 13.2. The van der Waals surface area contributed by atoms with Crippen LogP contribution >= 0.6 is 0 Å². The summed E-state index contributed by atoms with van der Waals surface area (Å²) in [6, 6.07) is 3.85. The maximum Gasteiger partial charge on any atom is 0.217 e. The van der Waals surface area contributed by atoms with Gasteiger partial charge in [0.2, 0.25) is 5.88 Å². The molecular weight excluding hydrogens is 242 g/mol. The minimum absolute atomic E-state index is 0.359. The molecule has 1 rings (SSSR count). The minimum Gasteiger partial charge on any atom is -0.481 e. The normalized spacial score (nSPS) is 12.7. The highest BCUT2D eigenvalue weighted by Crippen LogP contribution is 2.12. The van der Waals surface area contributed by atoms with Crippen molar-refractivity contribution in [3.8, 4) is 5.88 Å². The van der Waals surface area contributed by atoms with Crippen molar-refractivity contribution in [2.45, 2.75) is 26.5 Å². The summed E-state index contributed by atoms with van der Waals surface area (Å²) in [6.07, 6.45) is 1.35. The number of nitrogens with zero attached hydrogens (tertiary/aromatic N) is 2. The van der Waals surface area contributed by atoms with Crippen molar-refractivity contribution in [1.82, 2.24) is 15.2 Å². The van der Waals surface area contributed by atoms with Crippen molar-refractivity contribution in [3.63, 3.8) is 0 Å². The smallest absolute Gasteiger partial charge is 0.217 e. The predicted molar refractivity (Wildman–Crippen MR) is 76.3 cm³/mol. The molecule has 1 heterocycles. The zero-order chi connectivity index (χ0) is 14.1. The fourth-order valence-corrected chi connectivity index (χ4v) is 1.96. The van der Waals surface area contributed by atoms with E-state index >= 15 is 0 Å². The van der Waals surface area contributed by atoms with Crippen LogP contribution in [0.1, 0.15) is 19.4 Å². The van der Waals surface area contributed by atoms with Crippen LogP contribution in [0.2, 0.25) is 0 Å². The molecule has 1 atom stereocenters. The number of aliphatic hydroxyl groups is 1. The van der Waals surface area contributed by atoms with Gasteiger partial charge in [-0.25, -0.2) is 4.98 Å². The van der Waals surface area contributed by atoms with E-state index in [-0.39, 0.29) is 6.10 Å². The Kier molecular flexibility index (Phi) is 7.40. The topological polar surface area (TPSA) is 57.6 Å². The third-order valence-corrected chi connectivity index (χ3v) is 3.10. The van der Waals surface area contributed by atoms with Crippen LogP contribution in [0.4, 0.5) is 0 Å². The van der Waals surface area contributed by atoms with Crippen LogP contribution in [0, 0.1) is 0 Å². The second-order valence-electron chi connectivity index (χ2n) is 4.44. The first-order valence-electron chi connectivity index (χ1n) is 6.80. The van der Waals surface area contributed by atoms with Crippen molar-refractivity contribution >= 4 is 0 Å². The second-order valence-corrected chi connectivity index (χ2v) is 4.44. The molecule has 19 heavy (non-hydrogen) atoms. The molecule has 0 aliphatic carbocycles. The van der Waals surface area contributed by atoms with Crippen LogP contribution < -0.4 is 10.1 Å². The standard InChI is InChI=1S/C14H25N3O2/c1-4-17(5-2)11-13(18)10-15-9-12-7-6-8-16-14(12)19-3/h6-8,13,15,18H,4-5,9-11H2,1-3H3. The molecule has 1 unspecified atom stereocenters. The molecule has 0 bridgehead atoms. The number of pyridine rings is 1. The highest BCUT2D eigenvalue weighted by atomic mass is 16.5. The molecule has 0 aliphatic rings. The van der Waals surface area contributed by atoms with E-state index < -0.39 is 0 Å². The number of rotatable bonds is 9. The molecule has 0 saturated heterocycles. The van der Waals surface area contributed by atoms with Crippen molar-refractivity contribution < 1.29 is 9.84 Å². The molecule has 2 N–H and O–H groups in total. The summed E-state index contributed by atoms with van der Waals surface area (Å²) in [5.74, 6) is 0.633. The average molecular weight is 267 g/mol. The quantitative estimate of drug-likeness (QED) is 0.695. The number of methoxy groups -OCH3 is 1. The molecule has 0 fully saturated rings. The van der Waals surface area contributed by atoms with Gasteiger partial charge in [0.25, 0.3) is 0 Å². The minimum atomic E-state index is -0.359. The Balaban J connectivity index is 2.33. The number of aromatic nitrogens is 1. The first-order valence-corrected chi connectivity index (χ1v) is 6.80. The van der Waals surface area contributed by atoms with Gasteiger partial charge in [0, 0.05) is 31.4 Å². The van der Waals surface area contributed by atoms with Gasteiger partial charge in [-0.1, -0.05) is 19.9 Å². The van der Waals surface area contributed by atoms with Crippen molar-refractivity contribution in [1.29, 1.82) is 0 Å². The monoisotopic (exact) mass is 267 g/mol. The molecule has 1 aromatic rings. The van der Waals surface area contributed by atoms with E-state index in [4.69, 9.17) is 4.74 Å². The van der Waals surface area contributed by atoms with Gasteiger partial charge in [-0.15, -0.1) is 0 Å². The number of hydrogen-bond acceptors (Lipinski definition) is 5. The van der Waals surface area contributed by atoms with E-state index in [2.05, 4.69) is 29.0 Å². The van der Waals surface area contributed by atoms with E-state index in [0.29, 0.717) is 25.5 Å². The summed E-state index contributed by atoms with van der Waals surface area (Å²) in [4.78, 5) is 6.34. The average Bonchev–Trinajstić information content (AvgIpc) is 2.45. The van der Waals surface area contributed by atoms with Crippen LogP contribution in [0.15, 0.2) is 18.3 Å². The fraction of sp³-hybridized carbons (Fsp3) is 0.643. The van der Waals surface area contributed by atoms with Gasteiger partial charge in [-0.3, -0.25) is 0 Å². The molecule has 5 heteroatoms. The SMILES string of the molecule is CCN(CC)CC(O)CNCc1cccnc1OC. The summed E-state index contributed by atoms with van der Waals surface area (Å²) < 4.78 is 5.18. The molecule has 0 aliphatic heterocycles. The van der Waals surface area contributed by atoms with Crippen LogP contribution in [0.5, 0.6) is 5.88 Å². The van der Waals surface area contributed by atoms with E-state index in [1.807, 2.05) is 12.1 Å². The van der Waals surface area contributed by atoms with Crippen LogP contribution in [0.25, 0.3) is 0 Å². The Morgan fingerprint density at radius 1 is 1.42 bits per heavy atom. The van der Waals surface area contributed by atoms with Crippen molar-refractivity contribution in [2.24, 2.45) is 0 Å². The van der Waals surface area contributed by atoms with Gasteiger partial charge in [0.15, 0.2) is 0 Å². The fourth-order valence-electron chi connectivity index (χ4n) is 1.96. The number of nitrogens with one attached hydrogen (secondary N) is 1. The molecule has 108 valence electrons. The molecule has 0 saturated carbocycles. The van der Waals surface area contributed by atoms with E-state index in [1.165, 1.54) is 0 Å². The zero-order valence-electron chi connectivity index (χ0n) is 12.1.